The molecule has 1 aliphatic carbocycles. The summed E-state index contributed by atoms with van der Waals surface area (Å²) < 4.78 is 2.82. The number of rotatable bonds is 6. The van der Waals surface area contributed by atoms with Crippen molar-refractivity contribution in [1.29, 1.82) is 0 Å². The first-order valence-electron chi connectivity index (χ1n) is 11.5. The van der Waals surface area contributed by atoms with Gasteiger partial charge in [0.05, 0.1) is 0 Å². The topological polar surface area (TPSA) is 89.2 Å². The molecule has 1 aromatic carbocycles. The Kier molecular flexibility index (Phi) is 5.88. The van der Waals surface area contributed by atoms with Crippen molar-refractivity contribution >= 4 is 38.4 Å². The van der Waals surface area contributed by atoms with E-state index in [-0.39, 0.29) is 30.2 Å². The second kappa shape index (κ2) is 8.97. The van der Waals surface area contributed by atoms with E-state index in [0.717, 1.165) is 60.6 Å². The molecule has 3 heterocycles. The van der Waals surface area contributed by atoms with Crippen molar-refractivity contribution in [3.8, 4) is 0 Å². The lowest BCUT2D eigenvalue weighted by Crippen LogP contribution is -2.41. The van der Waals surface area contributed by atoms with Gasteiger partial charge in [-0.2, -0.15) is 0 Å². The molecule has 1 aliphatic heterocycles. The van der Waals surface area contributed by atoms with Gasteiger partial charge in [-0.1, -0.05) is 23.5 Å². The lowest BCUT2D eigenvalue weighted by Gasteiger charge is -2.25. The van der Waals surface area contributed by atoms with Crippen molar-refractivity contribution in [2.75, 3.05) is 23.3 Å². The molecule has 1 fully saturated rings. The molecule has 1 N–H and O–H groups in total. The van der Waals surface area contributed by atoms with Gasteiger partial charge in [0.2, 0.25) is 5.91 Å². The van der Waals surface area contributed by atoms with Crippen LogP contribution in [0.4, 0.5) is 10.8 Å². The number of nitrogens with zero attached hydrogens (tertiary/aromatic N) is 4. The van der Waals surface area contributed by atoms with Crippen LogP contribution in [0.15, 0.2) is 40.4 Å². The van der Waals surface area contributed by atoms with E-state index < -0.39 is 5.69 Å². The van der Waals surface area contributed by atoms with Crippen molar-refractivity contribution in [3.05, 3.63) is 62.8 Å². The molecule has 0 unspecified atom stereocenters. The zero-order valence-corrected chi connectivity index (χ0v) is 19.3. The maximum absolute atomic E-state index is 13.2. The lowest BCUT2D eigenvalue weighted by atomic mass is 10.1. The highest BCUT2D eigenvalue weighted by atomic mass is 32.1. The van der Waals surface area contributed by atoms with Crippen LogP contribution in [0.5, 0.6) is 0 Å². The third kappa shape index (κ3) is 4.13. The Balaban J connectivity index is 1.50. The number of carbonyl (C=O) groups excluding carboxylic acids is 1. The average molecular weight is 466 g/mol. The van der Waals surface area contributed by atoms with Gasteiger partial charge in [-0.05, 0) is 61.8 Å². The molecule has 172 valence electrons. The lowest BCUT2D eigenvalue weighted by molar-refractivity contribution is -0.116. The molecule has 2 aromatic heterocycles. The van der Waals surface area contributed by atoms with Gasteiger partial charge in [0.1, 0.15) is 11.2 Å². The second-order valence-corrected chi connectivity index (χ2v) is 9.63. The number of aromatic nitrogens is 3. The van der Waals surface area contributed by atoms with Gasteiger partial charge in [0.25, 0.3) is 5.56 Å². The van der Waals surface area contributed by atoms with Crippen LogP contribution in [0, 0.1) is 0 Å². The number of benzene rings is 1. The number of amides is 1. The number of thiazole rings is 1. The van der Waals surface area contributed by atoms with Gasteiger partial charge in [0, 0.05) is 25.3 Å². The number of hydrogen-bond donors (Lipinski definition) is 1. The number of fused-ring (bicyclic) bond motifs is 2. The number of nitrogens with one attached hydrogen (secondary N) is 1. The van der Waals surface area contributed by atoms with Crippen molar-refractivity contribution in [2.24, 2.45) is 0 Å². The highest BCUT2D eigenvalue weighted by Gasteiger charge is 2.22. The summed E-state index contributed by atoms with van der Waals surface area (Å²) in [6, 6.07) is 5.96. The minimum Gasteiger partial charge on any atom is -0.348 e. The largest absolute Gasteiger partial charge is 0.348 e. The number of carbonyl (C=O) groups is 1. The molecule has 0 atom stereocenters. The molecule has 1 saturated heterocycles. The summed E-state index contributed by atoms with van der Waals surface area (Å²) in [7, 11) is 0. The Morgan fingerprint density at radius 1 is 1.09 bits per heavy atom. The number of hydrogen-bond acceptors (Lipinski definition) is 6. The van der Waals surface area contributed by atoms with Crippen molar-refractivity contribution in [3.63, 3.8) is 0 Å². The van der Waals surface area contributed by atoms with Crippen LogP contribution in [-0.2, 0) is 30.7 Å². The minimum absolute atomic E-state index is 0.0804. The fraction of sp³-hybridized carbons (Fsp3) is 0.417. The number of allylic oxidation sites excluding steroid dienone is 1. The van der Waals surface area contributed by atoms with Gasteiger partial charge in [-0.15, -0.1) is 6.58 Å². The summed E-state index contributed by atoms with van der Waals surface area (Å²) in [5, 5.41) is 3.63. The van der Waals surface area contributed by atoms with Crippen LogP contribution < -0.4 is 21.5 Å². The predicted molar refractivity (Wildman–Crippen MR) is 131 cm³/mol. The summed E-state index contributed by atoms with van der Waals surface area (Å²) in [5.41, 5.74) is 2.65. The van der Waals surface area contributed by atoms with E-state index in [9.17, 15) is 14.4 Å². The monoisotopic (exact) mass is 465 g/mol. The SMILES string of the molecule is C=CCn1c(=O)c2sc(N3CCCCC3)nc2n(CC(=O)Nc2ccc3c(c2)CCC3)c1=O. The molecule has 9 heteroatoms. The van der Waals surface area contributed by atoms with E-state index in [1.54, 1.807) is 0 Å². The quantitative estimate of drug-likeness (QED) is 0.566. The predicted octanol–water partition coefficient (Wildman–Crippen LogP) is 2.92. The van der Waals surface area contributed by atoms with Crippen LogP contribution in [0.3, 0.4) is 0 Å². The number of piperidine rings is 1. The summed E-state index contributed by atoms with van der Waals surface area (Å²) in [6.07, 6.45) is 8.07. The molecular weight excluding hydrogens is 438 g/mol. The summed E-state index contributed by atoms with van der Waals surface area (Å²) in [4.78, 5) is 45.9. The molecule has 0 bridgehead atoms. The zero-order valence-electron chi connectivity index (χ0n) is 18.5. The molecular formula is C24H27N5O3S. The van der Waals surface area contributed by atoms with E-state index in [2.05, 4.69) is 27.8 Å². The van der Waals surface area contributed by atoms with Crippen LogP contribution in [0.25, 0.3) is 10.3 Å². The molecule has 0 saturated carbocycles. The van der Waals surface area contributed by atoms with Gasteiger partial charge in [0.15, 0.2) is 10.8 Å². The van der Waals surface area contributed by atoms with Crippen molar-refractivity contribution in [2.45, 2.75) is 51.6 Å². The van der Waals surface area contributed by atoms with E-state index in [0.29, 0.717) is 4.70 Å². The van der Waals surface area contributed by atoms with E-state index in [4.69, 9.17) is 0 Å². The van der Waals surface area contributed by atoms with Crippen LogP contribution in [-0.4, -0.2) is 33.1 Å². The van der Waals surface area contributed by atoms with Gasteiger partial charge < -0.3 is 10.2 Å². The molecule has 33 heavy (non-hydrogen) atoms. The van der Waals surface area contributed by atoms with Gasteiger partial charge in [-0.25, -0.2) is 9.78 Å². The fourth-order valence-corrected chi connectivity index (χ4v) is 5.79. The van der Waals surface area contributed by atoms with E-state index in [1.807, 2.05) is 12.1 Å². The number of anilines is 2. The van der Waals surface area contributed by atoms with Gasteiger partial charge >= 0.3 is 5.69 Å². The molecule has 0 spiro atoms. The smallest absolute Gasteiger partial charge is 0.333 e. The van der Waals surface area contributed by atoms with Gasteiger partial charge in [-0.3, -0.25) is 18.7 Å². The third-order valence-corrected chi connectivity index (χ3v) is 7.47. The highest BCUT2D eigenvalue weighted by molar-refractivity contribution is 7.22. The Hall–Kier alpha value is -3.20. The molecule has 1 amide bonds. The zero-order chi connectivity index (χ0) is 22.9. The molecule has 0 radical (unpaired) electrons. The average Bonchev–Trinajstić information content (AvgIpc) is 3.47. The maximum atomic E-state index is 13.2. The Labute approximate surface area is 195 Å². The first kappa shape index (κ1) is 21.6. The third-order valence-electron chi connectivity index (χ3n) is 6.38. The Morgan fingerprint density at radius 2 is 1.88 bits per heavy atom. The molecule has 3 aromatic rings. The summed E-state index contributed by atoms with van der Waals surface area (Å²) >= 11 is 1.29. The van der Waals surface area contributed by atoms with E-state index in [1.165, 1.54) is 39.5 Å². The van der Waals surface area contributed by atoms with Crippen molar-refractivity contribution in [1.82, 2.24) is 14.1 Å². The second-order valence-electron chi connectivity index (χ2n) is 8.66. The first-order valence-corrected chi connectivity index (χ1v) is 12.3. The van der Waals surface area contributed by atoms with Crippen LogP contribution in [0.1, 0.15) is 36.8 Å². The minimum atomic E-state index is -0.549. The van der Waals surface area contributed by atoms with Crippen molar-refractivity contribution < 1.29 is 4.79 Å². The standard InChI is InChI=1S/C24H27N5O3S/c1-2-11-28-22(31)20-21(26-23(33-20)27-12-4-3-5-13-27)29(24(28)32)15-19(30)25-18-10-9-16-7-6-8-17(16)14-18/h2,9-10,14H,1,3-8,11-13,15H2,(H,25,30). The first-order chi connectivity index (χ1) is 16.0. The maximum Gasteiger partial charge on any atom is 0.333 e. The molecule has 5 rings (SSSR count). The Bertz CT molecular complexity index is 1350. The van der Waals surface area contributed by atoms with Crippen LogP contribution >= 0.6 is 11.3 Å². The number of aryl methyl sites for hydroxylation is 2. The fourth-order valence-electron chi connectivity index (χ4n) is 4.72. The Morgan fingerprint density at radius 3 is 2.67 bits per heavy atom. The normalized spacial score (nSPS) is 15.6. The highest BCUT2D eigenvalue weighted by Crippen LogP contribution is 2.28. The summed E-state index contributed by atoms with van der Waals surface area (Å²) in [5.74, 6) is -0.326. The molecule has 2 aliphatic rings. The van der Waals surface area contributed by atoms with Crippen LogP contribution in [0.2, 0.25) is 0 Å². The molecule has 8 nitrogen and oxygen atoms in total. The van der Waals surface area contributed by atoms with E-state index >= 15 is 0 Å². The summed E-state index contributed by atoms with van der Waals surface area (Å²) in [6.45, 7) is 5.29.